The second kappa shape index (κ2) is 6.47. The summed E-state index contributed by atoms with van der Waals surface area (Å²) in [5.41, 5.74) is -1.56. The molecule has 0 aliphatic rings. The van der Waals surface area contributed by atoms with E-state index in [-0.39, 0.29) is 13.1 Å². The predicted molar refractivity (Wildman–Crippen MR) is 59.4 cm³/mol. The van der Waals surface area contributed by atoms with Crippen molar-refractivity contribution in [2.75, 3.05) is 19.7 Å². The van der Waals surface area contributed by atoms with Crippen LogP contribution in [0.4, 0.5) is 22.0 Å². The van der Waals surface area contributed by atoms with Crippen LogP contribution in [-0.4, -0.2) is 35.6 Å². The Kier molecular flexibility index (Phi) is 5.20. The molecule has 0 heterocycles. The van der Waals surface area contributed by atoms with Crippen LogP contribution in [0.2, 0.25) is 0 Å². The summed E-state index contributed by atoms with van der Waals surface area (Å²) in [5.74, 6) is -12.6. The summed E-state index contributed by atoms with van der Waals surface area (Å²) >= 11 is 0. The Morgan fingerprint density at radius 1 is 1.05 bits per heavy atom. The Morgan fingerprint density at radius 2 is 1.50 bits per heavy atom. The Balaban J connectivity index is 3.38. The summed E-state index contributed by atoms with van der Waals surface area (Å²) in [7, 11) is 0. The molecule has 0 aromatic heterocycles. The lowest BCUT2D eigenvalue weighted by atomic mass is 10.1. The summed E-state index contributed by atoms with van der Waals surface area (Å²) < 4.78 is 65.7. The number of rotatable bonds is 5. The molecule has 1 amide bonds. The van der Waals surface area contributed by atoms with Crippen LogP contribution < -0.4 is 0 Å². The summed E-state index contributed by atoms with van der Waals surface area (Å²) in [6, 6.07) is 0. The molecule has 0 atom stereocenters. The Bertz CT molecular complexity index is 518. The minimum Gasteiger partial charge on any atom is -0.395 e. The first kappa shape index (κ1) is 16.1. The largest absolute Gasteiger partial charge is 0.395 e. The van der Waals surface area contributed by atoms with Gasteiger partial charge in [0.05, 0.1) is 6.61 Å². The van der Waals surface area contributed by atoms with Crippen molar-refractivity contribution >= 4 is 5.91 Å². The highest BCUT2D eigenvalue weighted by Gasteiger charge is 2.31. The molecule has 3 nitrogen and oxygen atoms in total. The number of nitrogens with zero attached hydrogens (tertiary/aromatic N) is 1. The Morgan fingerprint density at radius 3 is 1.90 bits per heavy atom. The number of carbonyl (C=O) groups excluding carboxylic acids is 1. The quantitative estimate of drug-likeness (QED) is 0.391. The molecule has 0 aliphatic heterocycles. The van der Waals surface area contributed by atoms with Crippen molar-refractivity contribution in [1.29, 1.82) is 0 Å². The van der Waals surface area contributed by atoms with E-state index in [4.69, 9.17) is 5.11 Å². The average Bonchev–Trinajstić information content (AvgIpc) is 2.43. The molecule has 0 fully saturated rings. The number of carbonyl (C=O) groups is 1. The fourth-order valence-electron chi connectivity index (χ4n) is 1.50. The molecule has 0 saturated heterocycles. The van der Waals surface area contributed by atoms with Gasteiger partial charge in [0, 0.05) is 13.1 Å². The zero-order valence-electron chi connectivity index (χ0n) is 10.1. The van der Waals surface area contributed by atoms with Gasteiger partial charge in [-0.2, -0.15) is 0 Å². The number of aliphatic hydroxyl groups is 1. The van der Waals surface area contributed by atoms with Crippen molar-refractivity contribution in [2.45, 2.75) is 0 Å². The second-order valence-corrected chi connectivity index (χ2v) is 3.71. The van der Waals surface area contributed by atoms with Gasteiger partial charge in [0.2, 0.25) is 5.82 Å². The Hall–Kier alpha value is -1.96. The van der Waals surface area contributed by atoms with Crippen molar-refractivity contribution in [1.82, 2.24) is 4.90 Å². The summed E-state index contributed by atoms with van der Waals surface area (Å²) in [6.07, 6.45) is 1.18. The first-order valence-electron chi connectivity index (χ1n) is 5.39. The van der Waals surface area contributed by atoms with E-state index in [1.54, 1.807) is 0 Å². The Labute approximate surface area is 110 Å². The van der Waals surface area contributed by atoms with E-state index >= 15 is 0 Å². The van der Waals surface area contributed by atoms with E-state index < -0.39 is 47.2 Å². The molecule has 1 aromatic carbocycles. The molecule has 0 unspecified atom stereocenters. The van der Waals surface area contributed by atoms with Crippen molar-refractivity contribution in [3.63, 3.8) is 0 Å². The van der Waals surface area contributed by atoms with E-state index in [0.717, 1.165) is 0 Å². The van der Waals surface area contributed by atoms with E-state index in [2.05, 4.69) is 6.58 Å². The van der Waals surface area contributed by atoms with Gasteiger partial charge in [0.1, 0.15) is 5.56 Å². The number of aliphatic hydroxyl groups excluding tert-OH is 1. The first-order chi connectivity index (χ1) is 9.36. The SMILES string of the molecule is C=CCN(CCO)C(=O)c1c(F)c(F)c(F)c(F)c1F. The minimum absolute atomic E-state index is 0.223. The third-order valence-electron chi connectivity index (χ3n) is 2.43. The van der Waals surface area contributed by atoms with Gasteiger partial charge < -0.3 is 10.0 Å². The smallest absolute Gasteiger partial charge is 0.260 e. The van der Waals surface area contributed by atoms with Crippen molar-refractivity contribution in [3.8, 4) is 0 Å². The third-order valence-corrected chi connectivity index (χ3v) is 2.43. The van der Waals surface area contributed by atoms with Gasteiger partial charge in [-0.1, -0.05) is 6.08 Å². The molecule has 0 bridgehead atoms. The van der Waals surface area contributed by atoms with Gasteiger partial charge in [-0.25, -0.2) is 22.0 Å². The first-order valence-corrected chi connectivity index (χ1v) is 5.39. The molecular weight excluding hydrogens is 285 g/mol. The highest BCUT2D eigenvalue weighted by Crippen LogP contribution is 2.24. The molecule has 8 heteroatoms. The number of halogens is 5. The van der Waals surface area contributed by atoms with Crippen LogP contribution in [0.15, 0.2) is 12.7 Å². The molecule has 0 spiro atoms. The van der Waals surface area contributed by atoms with Crippen LogP contribution in [0.3, 0.4) is 0 Å². The number of hydrogen-bond acceptors (Lipinski definition) is 2. The maximum absolute atomic E-state index is 13.4. The lowest BCUT2D eigenvalue weighted by Gasteiger charge is -2.20. The van der Waals surface area contributed by atoms with Gasteiger partial charge in [-0.3, -0.25) is 4.79 Å². The zero-order chi connectivity index (χ0) is 15.4. The maximum Gasteiger partial charge on any atom is 0.260 e. The van der Waals surface area contributed by atoms with Crippen molar-refractivity contribution < 1.29 is 31.9 Å². The van der Waals surface area contributed by atoms with Gasteiger partial charge in [-0.15, -0.1) is 6.58 Å². The van der Waals surface area contributed by atoms with E-state index in [9.17, 15) is 26.7 Å². The van der Waals surface area contributed by atoms with Crippen LogP contribution in [0.1, 0.15) is 10.4 Å². The van der Waals surface area contributed by atoms with E-state index in [1.165, 1.54) is 6.08 Å². The van der Waals surface area contributed by atoms with Crippen LogP contribution in [0, 0.1) is 29.1 Å². The molecule has 0 aliphatic carbocycles. The molecule has 1 N–H and O–H groups in total. The highest BCUT2D eigenvalue weighted by atomic mass is 19.2. The van der Waals surface area contributed by atoms with Crippen LogP contribution in [0.25, 0.3) is 0 Å². The highest BCUT2D eigenvalue weighted by molar-refractivity contribution is 5.95. The molecule has 110 valence electrons. The molecule has 1 rings (SSSR count). The fraction of sp³-hybridized carbons (Fsp3) is 0.250. The second-order valence-electron chi connectivity index (χ2n) is 3.71. The molecule has 0 radical (unpaired) electrons. The number of amides is 1. The lowest BCUT2D eigenvalue weighted by Crippen LogP contribution is -2.35. The normalized spacial score (nSPS) is 10.5. The van der Waals surface area contributed by atoms with Crippen molar-refractivity contribution in [3.05, 3.63) is 47.3 Å². The van der Waals surface area contributed by atoms with Crippen LogP contribution in [-0.2, 0) is 0 Å². The molecule has 1 aromatic rings. The minimum atomic E-state index is -2.34. The van der Waals surface area contributed by atoms with Crippen LogP contribution in [0.5, 0.6) is 0 Å². The average molecular weight is 295 g/mol. The summed E-state index contributed by atoms with van der Waals surface area (Å²) in [4.78, 5) is 12.5. The van der Waals surface area contributed by atoms with E-state index in [0.29, 0.717) is 4.90 Å². The van der Waals surface area contributed by atoms with E-state index in [1.807, 2.05) is 0 Å². The van der Waals surface area contributed by atoms with Gasteiger partial charge >= 0.3 is 0 Å². The lowest BCUT2D eigenvalue weighted by molar-refractivity contribution is 0.0729. The van der Waals surface area contributed by atoms with Gasteiger partial charge in [0.15, 0.2) is 23.3 Å². The molecule has 20 heavy (non-hydrogen) atoms. The standard InChI is InChI=1S/C12H10F5NO2/c1-2-3-18(4-5-19)12(20)6-7(13)9(15)11(17)10(16)8(6)14/h2,19H,1,3-5H2. The topological polar surface area (TPSA) is 40.5 Å². The zero-order valence-corrected chi connectivity index (χ0v) is 10.1. The summed E-state index contributed by atoms with van der Waals surface area (Å²) in [6.45, 7) is 2.17. The molecular formula is C12H10F5NO2. The predicted octanol–water partition coefficient (Wildman–Crippen LogP) is 2.00. The van der Waals surface area contributed by atoms with Gasteiger partial charge in [-0.05, 0) is 0 Å². The van der Waals surface area contributed by atoms with Crippen molar-refractivity contribution in [2.24, 2.45) is 0 Å². The maximum atomic E-state index is 13.4. The monoisotopic (exact) mass is 295 g/mol. The number of benzene rings is 1. The summed E-state index contributed by atoms with van der Waals surface area (Å²) in [5, 5.41) is 8.73. The fourth-order valence-corrected chi connectivity index (χ4v) is 1.50. The number of hydrogen-bond donors (Lipinski definition) is 1. The van der Waals surface area contributed by atoms with Crippen LogP contribution >= 0.6 is 0 Å². The third kappa shape index (κ3) is 2.79. The van der Waals surface area contributed by atoms with Gasteiger partial charge in [0.25, 0.3) is 5.91 Å². The molecule has 0 saturated carbocycles.